The summed E-state index contributed by atoms with van der Waals surface area (Å²) < 4.78 is 10.7. The Balaban J connectivity index is 0.00000256. The maximum atomic E-state index is 5.57. The zero-order valence-electron chi connectivity index (χ0n) is 10.5. The van der Waals surface area contributed by atoms with Gasteiger partial charge in [0, 0.05) is 0 Å². The summed E-state index contributed by atoms with van der Waals surface area (Å²) in [4.78, 5) is 1.11. The molecule has 0 aliphatic carbocycles. The Morgan fingerprint density at radius 2 is 1.82 bits per heavy atom. The lowest BCUT2D eigenvalue weighted by Gasteiger charge is -2.13. The molecular formula is C12H20ClNO2S. The number of hydrogen-bond donors (Lipinski definition) is 1. The highest BCUT2D eigenvalue weighted by Gasteiger charge is 2.10. The van der Waals surface area contributed by atoms with Gasteiger partial charge in [0.25, 0.3) is 0 Å². The van der Waals surface area contributed by atoms with E-state index >= 15 is 0 Å². The SMILES string of the molecule is CCSc1cc(OC)c(CCN)cc1OC.Cl. The molecule has 0 aliphatic rings. The van der Waals surface area contributed by atoms with Crippen LogP contribution in [0.4, 0.5) is 0 Å². The van der Waals surface area contributed by atoms with Crippen LogP contribution in [0.2, 0.25) is 0 Å². The summed E-state index contributed by atoms with van der Waals surface area (Å²) in [7, 11) is 3.37. The smallest absolute Gasteiger partial charge is 0.132 e. The molecule has 3 nitrogen and oxygen atoms in total. The van der Waals surface area contributed by atoms with E-state index in [9.17, 15) is 0 Å². The van der Waals surface area contributed by atoms with Crippen molar-refractivity contribution >= 4 is 24.2 Å². The van der Waals surface area contributed by atoms with Crippen molar-refractivity contribution in [2.24, 2.45) is 5.73 Å². The second-order valence-electron chi connectivity index (χ2n) is 3.29. The molecule has 0 fully saturated rings. The summed E-state index contributed by atoms with van der Waals surface area (Å²) in [5.74, 6) is 2.80. The first-order valence-corrected chi connectivity index (χ1v) is 6.33. The minimum absolute atomic E-state index is 0. The summed E-state index contributed by atoms with van der Waals surface area (Å²) in [6, 6.07) is 4.04. The van der Waals surface area contributed by atoms with Crippen molar-refractivity contribution in [2.45, 2.75) is 18.2 Å². The summed E-state index contributed by atoms with van der Waals surface area (Å²) >= 11 is 1.75. The highest BCUT2D eigenvalue weighted by Crippen LogP contribution is 2.35. The lowest BCUT2D eigenvalue weighted by atomic mass is 10.1. The molecule has 1 aromatic rings. The zero-order chi connectivity index (χ0) is 12.0. The predicted octanol–water partition coefficient (Wildman–Crippen LogP) is 2.74. The van der Waals surface area contributed by atoms with E-state index in [1.165, 1.54) is 0 Å². The van der Waals surface area contributed by atoms with Gasteiger partial charge in [0.05, 0.1) is 19.1 Å². The van der Waals surface area contributed by atoms with Crippen molar-refractivity contribution in [3.05, 3.63) is 17.7 Å². The van der Waals surface area contributed by atoms with Crippen LogP contribution in [0.15, 0.2) is 17.0 Å². The number of rotatable bonds is 6. The molecule has 2 N–H and O–H groups in total. The molecule has 1 rings (SSSR count). The number of ether oxygens (including phenoxy) is 2. The Morgan fingerprint density at radius 1 is 1.18 bits per heavy atom. The van der Waals surface area contributed by atoms with Crippen molar-refractivity contribution in [3.63, 3.8) is 0 Å². The van der Waals surface area contributed by atoms with Gasteiger partial charge in [-0.05, 0) is 36.4 Å². The minimum Gasteiger partial charge on any atom is -0.496 e. The molecule has 0 heterocycles. The summed E-state index contributed by atoms with van der Waals surface area (Å²) in [6.45, 7) is 2.73. The predicted molar refractivity (Wildman–Crippen MR) is 76.0 cm³/mol. The molecule has 0 spiro atoms. The quantitative estimate of drug-likeness (QED) is 0.812. The molecule has 0 amide bonds. The van der Waals surface area contributed by atoms with Crippen molar-refractivity contribution in [1.82, 2.24) is 0 Å². The zero-order valence-corrected chi connectivity index (χ0v) is 12.1. The van der Waals surface area contributed by atoms with Gasteiger partial charge in [-0.1, -0.05) is 6.92 Å². The van der Waals surface area contributed by atoms with E-state index in [0.717, 1.165) is 34.1 Å². The summed E-state index contributed by atoms with van der Waals surface area (Å²) in [5, 5.41) is 0. The third-order valence-electron chi connectivity index (χ3n) is 2.28. The third kappa shape index (κ3) is 4.30. The van der Waals surface area contributed by atoms with Crippen molar-refractivity contribution < 1.29 is 9.47 Å². The van der Waals surface area contributed by atoms with Gasteiger partial charge < -0.3 is 15.2 Å². The van der Waals surface area contributed by atoms with E-state index in [-0.39, 0.29) is 12.4 Å². The minimum atomic E-state index is 0. The number of nitrogens with two attached hydrogens (primary N) is 1. The lowest BCUT2D eigenvalue weighted by Crippen LogP contribution is -2.05. The topological polar surface area (TPSA) is 44.5 Å². The lowest BCUT2D eigenvalue weighted by molar-refractivity contribution is 0.390. The van der Waals surface area contributed by atoms with Crippen molar-refractivity contribution in [3.8, 4) is 11.5 Å². The first-order valence-electron chi connectivity index (χ1n) is 5.34. The second-order valence-corrected chi connectivity index (χ2v) is 4.59. The van der Waals surface area contributed by atoms with Crippen molar-refractivity contribution in [2.75, 3.05) is 26.5 Å². The van der Waals surface area contributed by atoms with Gasteiger partial charge >= 0.3 is 0 Å². The van der Waals surface area contributed by atoms with Crippen LogP contribution in [0, 0.1) is 0 Å². The monoisotopic (exact) mass is 277 g/mol. The average Bonchev–Trinajstić information content (AvgIpc) is 2.31. The van der Waals surface area contributed by atoms with E-state index in [0.29, 0.717) is 6.54 Å². The van der Waals surface area contributed by atoms with Crippen LogP contribution in [0.3, 0.4) is 0 Å². The van der Waals surface area contributed by atoms with Crippen LogP contribution in [0.5, 0.6) is 11.5 Å². The maximum absolute atomic E-state index is 5.57. The number of methoxy groups -OCH3 is 2. The molecule has 17 heavy (non-hydrogen) atoms. The number of hydrogen-bond acceptors (Lipinski definition) is 4. The van der Waals surface area contributed by atoms with Crippen LogP contribution < -0.4 is 15.2 Å². The van der Waals surface area contributed by atoms with E-state index < -0.39 is 0 Å². The van der Waals surface area contributed by atoms with Crippen LogP contribution in [-0.2, 0) is 6.42 Å². The van der Waals surface area contributed by atoms with Gasteiger partial charge in [-0.15, -0.1) is 24.2 Å². The van der Waals surface area contributed by atoms with Crippen LogP contribution in [0.25, 0.3) is 0 Å². The molecule has 0 radical (unpaired) electrons. The van der Waals surface area contributed by atoms with E-state index in [1.54, 1.807) is 26.0 Å². The van der Waals surface area contributed by atoms with Gasteiger partial charge in [-0.2, -0.15) is 0 Å². The fraction of sp³-hybridized carbons (Fsp3) is 0.500. The van der Waals surface area contributed by atoms with E-state index in [1.807, 2.05) is 12.1 Å². The molecule has 0 aliphatic heterocycles. The van der Waals surface area contributed by atoms with Crippen LogP contribution in [0.1, 0.15) is 12.5 Å². The van der Waals surface area contributed by atoms with Gasteiger partial charge in [-0.25, -0.2) is 0 Å². The molecular weight excluding hydrogens is 258 g/mol. The highest BCUT2D eigenvalue weighted by molar-refractivity contribution is 7.99. The molecule has 5 heteroatoms. The maximum Gasteiger partial charge on any atom is 0.132 e. The molecule has 1 aromatic carbocycles. The first-order chi connectivity index (χ1) is 7.76. The Labute approximate surface area is 113 Å². The second kappa shape index (κ2) is 8.50. The van der Waals surface area contributed by atoms with Crippen LogP contribution >= 0.6 is 24.2 Å². The summed E-state index contributed by atoms with van der Waals surface area (Å²) in [6.07, 6.45) is 0.802. The van der Waals surface area contributed by atoms with Gasteiger partial charge in [-0.3, -0.25) is 0 Å². The van der Waals surface area contributed by atoms with E-state index in [2.05, 4.69) is 6.92 Å². The molecule has 0 aromatic heterocycles. The standard InChI is InChI=1S/C12H19NO2S.ClH/c1-4-16-12-8-10(14-2)9(5-6-13)7-11(12)15-3;/h7-8H,4-6,13H2,1-3H3;1H. The largest absolute Gasteiger partial charge is 0.496 e. The van der Waals surface area contributed by atoms with Gasteiger partial charge in [0.15, 0.2) is 0 Å². The highest BCUT2D eigenvalue weighted by atomic mass is 35.5. The molecule has 98 valence electrons. The molecule has 0 atom stereocenters. The fourth-order valence-corrected chi connectivity index (χ4v) is 2.34. The Hall–Kier alpha value is -0.580. The first kappa shape index (κ1) is 16.4. The van der Waals surface area contributed by atoms with E-state index in [4.69, 9.17) is 15.2 Å². The molecule has 0 saturated carbocycles. The van der Waals surface area contributed by atoms with Gasteiger partial charge in [0.1, 0.15) is 11.5 Å². The van der Waals surface area contributed by atoms with Crippen molar-refractivity contribution in [1.29, 1.82) is 0 Å². The molecule has 0 unspecified atom stereocenters. The summed E-state index contributed by atoms with van der Waals surface area (Å²) in [5.41, 5.74) is 6.67. The van der Waals surface area contributed by atoms with Crippen LogP contribution in [-0.4, -0.2) is 26.5 Å². The number of benzene rings is 1. The van der Waals surface area contributed by atoms with Gasteiger partial charge in [0.2, 0.25) is 0 Å². The third-order valence-corrected chi connectivity index (χ3v) is 3.20. The Morgan fingerprint density at radius 3 is 2.29 bits per heavy atom. The average molecular weight is 278 g/mol. The fourth-order valence-electron chi connectivity index (χ4n) is 1.55. The number of halogens is 1. The normalized spacial score (nSPS) is 9.65. The Bertz CT molecular complexity index is 314. The number of thioether (sulfide) groups is 1. The Kier molecular flexibility index (Phi) is 8.21. The molecule has 0 saturated heterocycles. The molecule has 0 bridgehead atoms.